The maximum Gasteiger partial charge on any atom is 1.00 e. The molecule has 0 aliphatic rings. The van der Waals surface area contributed by atoms with Crippen molar-refractivity contribution in [2.24, 2.45) is 0 Å². The molecule has 0 atom stereocenters. The average Bonchev–Trinajstić information content (AvgIpc) is 1.86. The molecule has 0 radical (unpaired) electrons. The molecule has 0 unspecified atom stereocenters. The molecule has 3 nitrogen and oxygen atoms in total. The molecule has 0 saturated carbocycles. The first kappa shape index (κ1) is 7.01. The molecule has 7 heavy (non-hydrogen) atoms. The van der Waals surface area contributed by atoms with E-state index in [0.29, 0.717) is 5.69 Å². The maximum absolute atomic E-state index is 3.57. The zero-order chi connectivity index (χ0) is 4.41. The molecule has 0 aromatic carbocycles. The Kier molecular flexibility index (Phi) is 3.07. The first-order valence-electron chi connectivity index (χ1n) is 1.57. The standard InChI is InChI=1S/C3H4N3.Na/c1-3-2-4-6-5-3;/h2H,1H2,(H,4,5,6);/q-1;+1. The van der Waals surface area contributed by atoms with Crippen LogP contribution >= 0.6 is 0 Å². The number of rotatable bonds is 0. The second kappa shape index (κ2) is 3.07. The van der Waals surface area contributed by atoms with Crippen LogP contribution in [0.3, 0.4) is 0 Å². The minimum absolute atomic E-state index is 0. The van der Waals surface area contributed by atoms with E-state index in [2.05, 4.69) is 22.3 Å². The van der Waals surface area contributed by atoms with Gasteiger partial charge in [0.15, 0.2) is 0 Å². The third-order valence-corrected chi connectivity index (χ3v) is 0.465. The van der Waals surface area contributed by atoms with Gasteiger partial charge in [0.1, 0.15) is 0 Å². The molecule has 0 aliphatic heterocycles. The van der Waals surface area contributed by atoms with Crippen molar-refractivity contribution >= 4 is 0 Å². The van der Waals surface area contributed by atoms with Crippen molar-refractivity contribution in [3.63, 3.8) is 0 Å². The van der Waals surface area contributed by atoms with Gasteiger partial charge in [0.2, 0.25) is 0 Å². The Labute approximate surface area is 63.8 Å². The summed E-state index contributed by atoms with van der Waals surface area (Å²) in [5.74, 6) is 0. The number of H-pyrrole nitrogens is 1. The van der Waals surface area contributed by atoms with Crippen molar-refractivity contribution in [2.45, 2.75) is 0 Å². The van der Waals surface area contributed by atoms with Gasteiger partial charge in [0, 0.05) is 0 Å². The fourth-order valence-electron chi connectivity index (χ4n) is 0.225. The van der Waals surface area contributed by atoms with Gasteiger partial charge in [-0.05, 0) is 0 Å². The van der Waals surface area contributed by atoms with E-state index in [1.54, 1.807) is 6.20 Å². The maximum atomic E-state index is 3.57. The Morgan fingerprint density at radius 1 is 1.71 bits per heavy atom. The molecule has 0 fully saturated rings. The van der Waals surface area contributed by atoms with E-state index >= 15 is 0 Å². The van der Waals surface area contributed by atoms with Crippen LogP contribution in [0.25, 0.3) is 0 Å². The summed E-state index contributed by atoms with van der Waals surface area (Å²) in [6, 6.07) is 0. The number of nitrogens with one attached hydrogen (secondary N) is 1. The van der Waals surface area contributed by atoms with Gasteiger partial charge in [-0.15, -0.1) is 0 Å². The first-order valence-corrected chi connectivity index (χ1v) is 1.57. The minimum Gasteiger partial charge on any atom is -0.262 e. The van der Waals surface area contributed by atoms with E-state index in [1.807, 2.05) is 0 Å². The van der Waals surface area contributed by atoms with Crippen molar-refractivity contribution in [1.29, 1.82) is 0 Å². The fraction of sp³-hybridized carbons (Fsp3) is 0. The average molecular weight is 105 g/mol. The molecule has 1 aromatic rings. The van der Waals surface area contributed by atoms with Crippen LogP contribution in [0.1, 0.15) is 5.69 Å². The van der Waals surface area contributed by atoms with Crippen LogP contribution in [0.4, 0.5) is 0 Å². The zero-order valence-electron chi connectivity index (χ0n) is 4.18. The Balaban J connectivity index is 0.000000360. The van der Waals surface area contributed by atoms with Crippen LogP contribution < -0.4 is 29.6 Å². The predicted octanol–water partition coefficient (Wildman–Crippen LogP) is -3.01. The number of hydrogen-bond acceptors (Lipinski definition) is 2. The topological polar surface area (TPSA) is 41.6 Å². The number of hydrogen-bond donors (Lipinski definition) is 1. The van der Waals surface area contributed by atoms with E-state index in [9.17, 15) is 0 Å². The molecule has 4 heteroatoms. The van der Waals surface area contributed by atoms with Crippen molar-refractivity contribution in [1.82, 2.24) is 15.4 Å². The number of nitrogens with zero attached hydrogens (tertiary/aromatic N) is 2. The summed E-state index contributed by atoms with van der Waals surface area (Å²) in [5, 5.41) is 9.46. The first-order chi connectivity index (χ1) is 2.89. The van der Waals surface area contributed by atoms with E-state index in [0.717, 1.165) is 0 Å². The van der Waals surface area contributed by atoms with Gasteiger partial charge in [0.05, 0.1) is 0 Å². The molecular weight excluding hydrogens is 101 g/mol. The number of aromatic nitrogens is 3. The Morgan fingerprint density at radius 3 is 2.57 bits per heavy atom. The van der Waals surface area contributed by atoms with Gasteiger partial charge in [-0.1, -0.05) is 11.9 Å². The van der Waals surface area contributed by atoms with Gasteiger partial charge in [0.25, 0.3) is 0 Å². The van der Waals surface area contributed by atoms with Crippen LogP contribution in [-0.4, -0.2) is 15.4 Å². The SMILES string of the molecule is [CH2-]c1cn[nH]n1.[Na+]. The van der Waals surface area contributed by atoms with Crippen LogP contribution in [0, 0.1) is 6.92 Å². The monoisotopic (exact) mass is 105 g/mol. The van der Waals surface area contributed by atoms with Crippen molar-refractivity contribution in [2.75, 3.05) is 0 Å². The van der Waals surface area contributed by atoms with Crippen LogP contribution in [0.5, 0.6) is 0 Å². The summed E-state index contributed by atoms with van der Waals surface area (Å²) in [6.07, 6.45) is 1.56. The molecule has 1 heterocycles. The third-order valence-electron chi connectivity index (χ3n) is 0.465. The molecule has 1 rings (SSSR count). The van der Waals surface area contributed by atoms with E-state index in [4.69, 9.17) is 0 Å². The molecule has 0 amide bonds. The summed E-state index contributed by atoms with van der Waals surface area (Å²) < 4.78 is 0. The molecule has 32 valence electrons. The molecular formula is C3H4N3Na. The Hall–Kier alpha value is 0.0100. The van der Waals surface area contributed by atoms with Crippen molar-refractivity contribution in [3.05, 3.63) is 18.8 Å². The summed E-state index contributed by atoms with van der Waals surface area (Å²) in [7, 11) is 0. The summed E-state index contributed by atoms with van der Waals surface area (Å²) in [4.78, 5) is 0. The quantitative estimate of drug-likeness (QED) is 0.282. The van der Waals surface area contributed by atoms with Gasteiger partial charge in [-0.2, -0.15) is 5.10 Å². The fourth-order valence-corrected chi connectivity index (χ4v) is 0.225. The minimum atomic E-state index is 0. The predicted molar refractivity (Wildman–Crippen MR) is 20.8 cm³/mol. The van der Waals surface area contributed by atoms with Gasteiger partial charge < -0.3 is 0 Å². The van der Waals surface area contributed by atoms with Crippen LogP contribution in [0.15, 0.2) is 6.20 Å². The normalized spacial score (nSPS) is 7.43. The molecule has 1 N–H and O–H groups in total. The van der Waals surface area contributed by atoms with Gasteiger partial charge in [-0.25, -0.2) is 12.1 Å². The Bertz CT molecular complexity index is 114. The summed E-state index contributed by atoms with van der Waals surface area (Å²) in [6.45, 7) is 3.48. The van der Waals surface area contributed by atoms with Crippen LogP contribution in [-0.2, 0) is 0 Å². The second-order valence-electron chi connectivity index (χ2n) is 0.961. The second-order valence-corrected chi connectivity index (χ2v) is 0.961. The summed E-state index contributed by atoms with van der Waals surface area (Å²) >= 11 is 0. The van der Waals surface area contributed by atoms with Crippen molar-refractivity contribution < 1.29 is 29.6 Å². The van der Waals surface area contributed by atoms with E-state index in [1.165, 1.54) is 0 Å². The third kappa shape index (κ3) is 1.97. The molecule has 0 bridgehead atoms. The van der Waals surface area contributed by atoms with Gasteiger partial charge >= 0.3 is 29.6 Å². The van der Waals surface area contributed by atoms with Crippen LogP contribution in [0.2, 0.25) is 0 Å². The molecule has 1 aromatic heterocycles. The zero-order valence-corrected chi connectivity index (χ0v) is 6.18. The number of aromatic amines is 1. The smallest absolute Gasteiger partial charge is 0.262 e. The van der Waals surface area contributed by atoms with Gasteiger partial charge in [-0.3, -0.25) is 5.10 Å². The molecule has 0 aliphatic carbocycles. The Morgan fingerprint density at radius 2 is 2.43 bits per heavy atom. The van der Waals surface area contributed by atoms with Crippen molar-refractivity contribution in [3.8, 4) is 0 Å². The largest absolute Gasteiger partial charge is 1.00 e. The molecule has 0 saturated heterocycles. The summed E-state index contributed by atoms with van der Waals surface area (Å²) in [5.41, 5.74) is 0.676. The van der Waals surface area contributed by atoms with E-state index in [-0.39, 0.29) is 29.6 Å². The molecule has 0 spiro atoms. The van der Waals surface area contributed by atoms with E-state index < -0.39 is 0 Å².